The molecule has 0 radical (unpaired) electrons. The van der Waals surface area contributed by atoms with Gasteiger partial charge in [0.25, 0.3) is 0 Å². The van der Waals surface area contributed by atoms with E-state index in [1.54, 1.807) is 18.2 Å². The van der Waals surface area contributed by atoms with Crippen molar-refractivity contribution >= 4 is 34.9 Å². The molecule has 1 aromatic carbocycles. The van der Waals surface area contributed by atoms with Gasteiger partial charge in [-0.05, 0) is 24.3 Å². The fraction of sp³-hybridized carbons (Fsp3) is 0.0769. The summed E-state index contributed by atoms with van der Waals surface area (Å²) in [5.41, 5.74) is 6.46. The van der Waals surface area contributed by atoms with E-state index in [4.69, 9.17) is 38.8 Å². The Labute approximate surface area is 124 Å². The van der Waals surface area contributed by atoms with Crippen LogP contribution in [0.3, 0.4) is 0 Å². The van der Waals surface area contributed by atoms with Crippen LogP contribution in [0.4, 0.5) is 5.69 Å². The fourth-order valence-corrected chi connectivity index (χ4v) is 2.05. The number of aromatic carboxylic acids is 1. The van der Waals surface area contributed by atoms with Gasteiger partial charge in [0.2, 0.25) is 0 Å². The molecule has 0 atom stereocenters. The van der Waals surface area contributed by atoms with Gasteiger partial charge in [-0.1, -0.05) is 23.2 Å². The summed E-state index contributed by atoms with van der Waals surface area (Å²) >= 11 is 11.7. The van der Waals surface area contributed by atoms with Crippen LogP contribution in [-0.2, 0) is 0 Å². The number of ether oxygens (including phenoxy) is 1. The SMILES string of the molecule is COc1cc(Cl)ccc1-c1cc(N)c(Cl)c(C(=O)O)n1. The summed E-state index contributed by atoms with van der Waals surface area (Å²) in [5, 5.41) is 9.48. The normalized spacial score (nSPS) is 10.3. The number of nitrogen functional groups attached to an aromatic ring is 1. The van der Waals surface area contributed by atoms with E-state index in [1.807, 2.05) is 0 Å². The van der Waals surface area contributed by atoms with Crippen molar-refractivity contribution in [3.8, 4) is 17.0 Å². The first-order valence-corrected chi connectivity index (χ1v) is 6.23. The third-order valence-electron chi connectivity index (χ3n) is 2.63. The zero-order valence-electron chi connectivity index (χ0n) is 10.4. The Balaban J connectivity index is 2.67. The van der Waals surface area contributed by atoms with Crippen LogP contribution in [0, 0.1) is 0 Å². The van der Waals surface area contributed by atoms with E-state index in [0.29, 0.717) is 22.0 Å². The number of halogens is 2. The molecule has 0 aliphatic carbocycles. The largest absolute Gasteiger partial charge is 0.496 e. The first kappa shape index (κ1) is 14.4. The van der Waals surface area contributed by atoms with Crippen molar-refractivity contribution in [3.63, 3.8) is 0 Å². The van der Waals surface area contributed by atoms with Crippen molar-refractivity contribution in [1.82, 2.24) is 4.98 Å². The average molecular weight is 313 g/mol. The number of nitrogens with two attached hydrogens (primary N) is 1. The lowest BCUT2D eigenvalue weighted by atomic mass is 10.1. The van der Waals surface area contributed by atoms with Gasteiger partial charge >= 0.3 is 5.97 Å². The second-order valence-corrected chi connectivity index (χ2v) is 4.72. The van der Waals surface area contributed by atoms with Crippen LogP contribution in [-0.4, -0.2) is 23.2 Å². The number of hydrogen-bond acceptors (Lipinski definition) is 4. The predicted octanol–water partition coefficient (Wildman–Crippen LogP) is 3.34. The predicted molar refractivity (Wildman–Crippen MR) is 77.6 cm³/mol. The van der Waals surface area contributed by atoms with E-state index in [2.05, 4.69) is 4.98 Å². The lowest BCUT2D eigenvalue weighted by Gasteiger charge is -2.11. The topological polar surface area (TPSA) is 85.4 Å². The Kier molecular flexibility index (Phi) is 4.01. The molecule has 0 saturated heterocycles. The molecule has 104 valence electrons. The Hall–Kier alpha value is -1.98. The Morgan fingerprint density at radius 3 is 2.65 bits per heavy atom. The molecular weight excluding hydrogens is 303 g/mol. The van der Waals surface area contributed by atoms with Crippen molar-refractivity contribution in [2.24, 2.45) is 0 Å². The van der Waals surface area contributed by atoms with E-state index < -0.39 is 5.97 Å². The smallest absolute Gasteiger partial charge is 0.356 e. The summed E-state index contributed by atoms with van der Waals surface area (Å²) in [6.07, 6.45) is 0. The molecule has 0 unspecified atom stereocenters. The summed E-state index contributed by atoms with van der Waals surface area (Å²) in [4.78, 5) is 15.1. The van der Waals surface area contributed by atoms with Crippen LogP contribution in [0.2, 0.25) is 10.0 Å². The third-order valence-corrected chi connectivity index (χ3v) is 3.26. The lowest BCUT2D eigenvalue weighted by Crippen LogP contribution is -2.05. The molecule has 7 heteroatoms. The maximum atomic E-state index is 11.1. The number of anilines is 1. The lowest BCUT2D eigenvalue weighted by molar-refractivity contribution is 0.0691. The maximum Gasteiger partial charge on any atom is 0.356 e. The van der Waals surface area contributed by atoms with Crippen molar-refractivity contribution in [2.75, 3.05) is 12.8 Å². The van der Waals surface area contributed by atoms with Gasteiger partial charge in [0.05, 0.1) is 23.5 Å². The third kappa shape index (κ3) is 2.64. The van der Waals surface area contributed by atoms with E-state index in [1.165, 1.54) is 13.2 Å². The molecule has 0 fully saturated rings. The molecule has 0 saturated carbocycles. The summed E-state index contributed by atoms with van der Waals surface area (Å²) in [7, 11) is 1.48. The second-order valence-electron chi connectivity index (χ2n) is 3.91. The number of rotatable bonds is 3. The maximum absolute atomic E-state index is 11.1. The average Bonchev–Trinajstić information content (AvgIpc) is 2.41. The minimum atomic E-state index is -1.25. The van der Waals surface area contributed by atoms with Crippen molar-refractivity contribution < 1.29 is 14.6 Å². The van der Waals surface area contributed by atoms with Crippen molar-refractivity contribution in [3.05, 3.63) is 40.0 Å². The Bertz CT molecular complexity index is 690. The minimum Gasteiger partial charge on any atom is -0.496 e. The molecule has 1 aromatic heterocycles. The molecule has 5 nitrogen and oxygen atoms in total. The van der Waals surface area contributed by atoms with E-state index in [-0.39, 0.29) is 16.4 Å². The summed E-state index contributed by atoms with van der Waals surface area (Å²) < 4.78 is 5.21. The van der Waals surface area contributed by atoms with Crippen molar-refractivity contribution in [2.45, 2.75) is 0 Å². The number of methoxy groups -OCH3 is 1. The molecule has 0 aliphatic heterocycles. The van der Waals surface area contributed by atoms with Gasteiger partial charge in [-0.25, -0.2) is 9.78 Å². The highest BCUT2D eigenvalue weighted by Crippen LogP contribution is 2.34. The number of carboxylic acid groups (broad SMARTS) is 1. The summed E-state index contributed by atoms with van der Waals surface area (Å²) in [6.45, 7) is 0. The van der Waals surface area contributed by atoms with Gasteiger partial charge in [-0.15, -0.1) is 0 Å². The van der Waals surface area contributed by atoms with Crippen LogP contribution in [0.5, 0.6) is 5.75 Å². The highest BCUT2D eigenvalue weighted by molar-refractivity contribution is 6.35. The standard InChI is InChI=1S/C13H10Cl2N2O3/c1-20-10-4-6(14)2-3-7(10)9-5-8(16)11(15)12(17-9)13(18)19/h2-5H,1H3,(H2,16,17)(H,18,19). The van der Waals surface area contributed by atoms with E-state index in [9.17, 15) is 4.79 Å². The number of benzene rings is 1. The van der Waals surface area contributed by atoms with Gasteiger partial charge < -0.3 is 15.6 Å². The zero-order valence-corrected chi connectivity index (χ0v) is 11.9. The molecule has 20 heavy (non-hydrogen) atoms. The van der Waals surface area contributed by atoms with Gasteiger partial charge in [-0.2, -0.15) is 0 Å². The fourth-order valence-electron chi connectivity index (χ4n) is 1.71. The second kappa shape index (κ2) is 5.56. The number of carboxylic acids is 1. The molecular formula is C13H10Cl2N2O3. The van der Waals surface area contributed by atoms with E-state index in [0.717, 1.165) is 0 Å². The number of pyridine rings is 1. The molecule has 0 aliphatic rings. The van der Waals surface area contributed by atoms with E-state index >= 15 is 0 Å². The molecule has 2 aromatic rings. The van der Waals surface area contributed by atoms with Crippen LogP contribution < -0.4 is 10.5 Å². The van der Waals surface area contributed by atoms with Gasteiger partial charge in [-0.3, -0.25) is 0 Å². The van der Waals surface area contributed by atoms with Crippen LogP contribution >= 0.6 is 23.2 Å². The number of aromatic nitrogens is 1. The molecule has 0 bridgehead atoms. The Morgan fingerprint density at radius 2 is 2.05 bits per heavy atom. The highest BCUT2D eigenvalue weighted by atomic mass is 35.5. The Morgan fingerprint density at radius 1 is 1.35 bits per heavy atom. The highest BCUT2D eigenvalue weighted by Gasteiger charge is 2.17. The van der Waals surface area contributed by atoms with Crippen LogP contribution in [0.25, 0.3) is 11.3 Å². The monoisotopic (exact) mass is 312 g/mol. The van der Waals surface area contributed by atoms with Crippen LogP contribution in [0.15, 0.2) is 24.3 Å². The van der Waals surface area contributed by atoms with Crippen LogP contribution in [0.1, 0.15) is 10.5 Å². The van der Waals surface area contributed by atoms with Gasteiger partial charge in [0, 0.05) is 10.6 Å². The zero-order chi connectivity index (χ0) is 14.9. The number of carbonyl (C=O) groups is 1. The molecule has 0 spiro atoms. The molecule has 3 N–H and O–H groups in total. The van der Waals surface area contributed by atoms with Crippen molar-refractivity contribution in [1.29, 1.82) is 0 Å². The quantitative estimate of drug-likeness (QED) is 0.907. The molecule has 1 heterocycles. The summed E-state index contributed by atoms with van der Waals surface area (Å²) in [6, 6.07) is 6.40. The van der Waals surface area contributed by atoms with Gasteiger partial charge in [0.15, 0.2) is 5.69 Å². The number of hydrogen-bond donors (Lipinski definition) is 2. The number of nitrogens with zero attached hydrogens (tertiary/aromatic N) is 1. The minimum absolute atomic E-state index is 0.0887. The molecule has 0 amide bonds. The molecule has 2 rings (SSSR count). The first-order chi connectivity index (χ1) is 9.43. The van der Waals surface area contributed by atoms with Gasteiger partial charge in [0.1, 0.15) is 5.75 Å². The summed E-state index contributed by atoms with van der Waals surface area (Å²) in [5.74, 6) is -0.792. The first-order valence-electron chi connectivity index (χ1n) is 5.47.